The van der Waals surface area contributed by atoms with Gasteiger partial charge in [-0.1, -0.05) is 55.3 Å². The van der Waals surface area contributed by atoms with Gasteiger partial charge in [0.15, 0.2) is 6.61 Å². The highest BCUT2D eigenvalue weighted by Gasteiger charge is 2.32. The molecule has 1 aliphatic carbocycles. The summed E-state index contributed by atoms with van der Waals surface area (Å²) in [7, 11) is 0. The van der Waals surface area contributed by atoms with E-state index < -0.39 is 6.04 Å². The Labute approximate surface area is 225 Å². The van der Waals surface area contributed by atoms with Gasteiger partial charge >= 0.3 is 0 Å². The van der Waals surface area contributed by atoms with Crippen molar-refractivity contribution in [3.8, 4) is 5.75 Å². The van der Waals surface area contributed by atoms with Gasteiger partial charge in [0.2, 0.25) is 5.91 Å². The molecule has 1 atom stereocenters. The Kier molecular flexibility index (Phi) is 9.33. The van der Waals surface area contributed by atoms with Crippen molar-refractivity contribution < 1.29 is 18.7 Å². The Hall–Kier alpha value is -2.94. The molecule has 1 aliphatic rings. The number of amides is 2. The quantitative estimate of drug-likeness (QED) is 0.313. The summed E-state index contributed by atoms with van der Waals surface area (Å²) in [5.74, 6) is -0.241. The Morgan fingerprint density at radius 1 is 0.944 bits per heavy atom. The van der Waals surface area contributed by atoms with Gasteiger partial charge in [-0.15, -0.1) is 0 Å². The molecular weight excluding hydrogens is 570 g/mol. The molecule has 188 valence electrons. The molecule has 1 fully saturated rings. The van der Waals surface area contributed by atoms with E-state index in [0.29, 0.717) is 12.2 Å². The van der Waals surface area contributed by atoms with Crippen molar-refractivity contribution >= 4 is 34.4 Å². The summed E-state index contributed by atoms with van der Waals surface area (Å²) in [5, 5.41) is 3.17. The monoisotopic (exact) mass is 600 g/mol. The molecular formula is C29H30FIN2O3. The van der Waals surface area contributed by atoms with Crippen LogP contribution in [0.3, 0.4) is 0 Å². The maximum absolute atomic E-state index is 13.6. The van der Waals surface area contributed by atoms with E-state index in [1.54, 1.807) is 17.0 Å². The third-order valence-electron chi connectivity index (χ3n) is 6.41. The third kappa shape index (κ3) is 7.53. The van der Waals surface area contributed by atoms with Crippen molar-refractivity contribution in [1.82, 2.24) is 10.2 Å². The van der Waals surface area contributed by atoms with Crippen LogP contribution in [-0.2, 0) is 22.6 Å². The van der Waals surface area contributed by atoms with Crippen LogP contribution in [0.15, 0.2) is 78.9 Å². The molecule has 0 radical (unpaired) electrons. The van der Waals surface area contributed by atoms with Gasteiger partial charge in [-0.25, -0.2) is 4.39 Å². The molecule has 3 aromatic rings. The number of hydrogen-bond acceptors (Lipinski definition) is 3. The normalized spacial score (nSPS) is 14.3. The van der Waals surface area contributed by atoms with Crippen LogP contribution in [-0.4, -0.2) is 35.4 Å². The molecule has 36 heavy (non-hydrogen) atoms. The summed E-state index contributed by atoms with van der Waals surface area (Å²) in [5.41, 5.74) is 1.70. The summed E-state index contributed by atoms with van der Waals surface area (Å²) in [6, 6.07) is 22.5. The van der Waals surface area contributed by atoms with Crippen molar-refractivity contribution in [3.63, 3.8) is 0 Å². The van der Waals surface area contributed by atoms with Gasteiger partial charge in [-0.3, -0.25) is 9.59 Å². The molecule has 0 saturated heterocycles. The number of hydrogen-bond donors (Lipinski definition) is 1. The summed E-state index contributed by atoms with van der Waals surface area (Å²) >= 11 is 2.21. The van der Waals surface area contributed by atoms with Crippen LogP contribution in [0.2, 0.25) is 0 Å². The summed E-state index contributed by atoms with van der Waals surface area (Å²) in [4.78, 5) is 28.7. The van der Waals surface area contributed by atoms with Crippen molar-refractivity contribution in [2.24, 2.45) is 0 Å². The molecule has 0 aromatic heterocycles. The van der Waals surface area contributed by atoms with E-state index in [1.165, 1.54) is 12.1 Å². The Balaban J connectivity index is 1.59. The van der Waals surface area contributed by atoms with Crippen LogP contribution in [0, 0.1) is 9.39 Å². The minimum Gasteiger partial charge on any atom is -0.484 e. The standard InChI is InChI=1S/C29H30FIN2O3/c30-23-12-10-22(11-13-23)19-33(28(34)20-36-26-16-14-24(31)15-17-26)27(18-21-6-2-1-3-7-21)29(35)32-25-8-4-5-9-25/h1-3,6-7,10-17,25,27H,4-5,8-9,18-20H2,(H,32,35)/t27-/m1/s1. The lowest BCUT2D eigenvalue weighted by atomic mass is 10.0. The summed E-state index contributed by atoms with van der Waals surface area (Å²) in [6.07, 6.45) is 4.46. The number of rotatable bonds is 10. The van der Waals surface area contributed by atoms with E-state index in [1.807, 2.05) is 54.6 Å². The van der Waals surface area contributed by atoms with Crippen LogP contribution >= 0.6 is 22.6 Å². The first-order valence-corrected chi connectivity index (χ1v) is 13.3. The molecule has 0 heterocycles. The Bertz CT molecular complexity index is 1130. The average molecular weight is 600 g/mol. The zero-order valence-corrected chi connectivity index (χ0v) is 22.2. The van der Waals surface area contributed by atoms with Crippen molar-refractivity contribution in [1.29, 1.82) is 0 Å². The average Bonchev–Trinajstić information content (AvgIpc) is 3.40. The van der Waals surface area contributed by atoms with Crippen LogP contribution in [0.1, 0.15) is 36.8 Å². The zero-order valence-electron chi connectivity index (χ0n) is 20.0. The molecule has 0 unspecified atom stereocenters. The molecule has 1 saturated carbocycles. The second-order valence-electron chi connectivity index (χ2n) is 9.09. The molecule has 1 N–H and O–H groups in total. The molecule has 0 aliphatic heterocycles. The number of nitrogens with one attached hydrogen (secondary N) is 1. The van der Waals surface area contributed by atoms with Gasteiger partial charge < -0.3 is 15.0 Å². The van der Waals surface area contributed by atoms with Gasteiger partial charge in [-0.2, -0.15) is 0 Å². The van der Waals surface area contributed by atoms with Crippen LogP contribution in [0.5, 0.6) is 5.75 Å². The molecule has 5 nitrogen and oxygen atoms in total. The maximum Gasteiger partial charge on any atom is 0.261 e. The van der Waals surface area contributed by atoms with Gasteiger partial charge in [0, 0.05) is 22.6 Å². The van der Waals surface area contributed by atoms with E-state index in [-0.39, 0.29) is 36.8 Å². The first kappa shape index (κ1) is 26.1. The van der Waals surface area contributed by atoms with Crippen LogP contribution in [0.4, 0.5) is 4.39 Å². The third-order valence-corrected chi connectivity index (χ3v) is 7.13. The number of carbonyl (C=O) groups is 2. The molecule has 0 spiro atoms. The lowest BCUT2D eigenvalue weighted by Gasteiger charge is -2.32. The van der Waals surface area contributed by atoms with E-state index >= 15 is 0 Å². The zero-order chi connectivity index (χ0) is 25.3. The molecule has 3 aromatic carbocycles. The predicted molar refractivity (Wildman–Crippen MR) is 146 cm³/mol. The second kappa shape index (κ2) is 12.9. The largest absolute Gasteiger partial charge is 0.484 e. The minimum absolute atomic E-state index is 0.126. The van der Waals surface area contributed by atoms with E-state index in [0.717, 1.165) is 40.4 Å². The second-order valence-corrected chi connectivity index (χ2v) is 10.3. The van der Waals surface area contributed by atoms with Crippen molar-refractivity contribution in [3.05, 3.63) is 99.4 Å². The topological polar surface area (TPSA) is 58.6 Å². The maximum atomic E-state index is 13.6. The minimum atomic E-state index is -0.731. The first-order chi connectivity index (χ1) is 17.5. The lowest BCUT2D eigenvalue weighted by molar-refractivity contribution is -0.143. The van der Waals surface area contributed by atoms with Crippen molar-refractivity contribution in [2.75, 3.05) is 6.61 Å². The molecule has 4 rings (SSSR count). The predicted octanol–water partition coefficient (Wildman–Crippen LogP) is 5.51. The number of nitrogens with zero attached hydrogens (tertiary/aromatic N) is 1. The van der Waals surface area contributed by atoms with Gasteiger partial charge in [-0.05, 0) is 83.0 Å². The highest BCUT2D eigenvalue weighted by molar-refractivity contribution is 14.1. The number of ether oxygens (including phenoxy) is 1. The number of benzene rings is 3. The van der Waals surface area contributed by atoms with E-state index in [4.69, 9.17) is 4.74 Å². The fourth-order valence-corrected chi connectivity index (χ4v) is 4.83. The van der Waals surface area contributed by atoms with Gasteiger partial charge in [0.1, 0.15) is 17.6 Å². The number of carbonyl (C=O) groups excluding carboxylic acids is 2. The van der Waals surface area contributed by atoms with E-state index in [2.05, 4.69) is 27.9 Å². The van der Waals surface area contributed by atoms with Gasteiger partial charge in [0.25, 0.3) is 5.91 Å². The van der Waals surface area contributed by atoms with Crippen LogP contribution < -0.4 is 10.1 Å². The SMILES string of the molecule is O=C(NC1CCCC1)[C@@H](Cc1ccccc1)N(Cc1ccc(F)cc1)C(=O)COc1ccc(I)cc1. The summed E-state index contributed by atoms with van der Waals surface area (Å²) in [6.45, 7) is -0.0332. The highest BCUT2D eigenvalue weighted by atomic mass is 127. The Morgan fingerprint density at radius 3 is 2.28 bits per heavy atom. The summed E-state index contributed by atoms with van der Waals surface area (Å²) < 4.78 is 20.4. The molecule has 2 amide bonds. The van der Waals surface area contributed by atoms with Crippen LogP contribution in [0.25, 0.3) is 0 Å². The Morgan fingerprint density at radius 2 is 1.61 bits per heavy atom. The van der Waals surface area contributed by atoms with E-state index in [9.17, 15) is 14.0 Å². The number of halogens is 2. The van der Waals surface area contributed by atoms with Gasteiger partial charge in [0.05, 0.1) is 0 Å². The first-order valence-electron chi connectivity index (χ1n) is 12.2. The fourth-order valence-electron chi connectivity index (χ4n) is 4.47. The molecule has 7 heteroatoms. The highest BCUT2D eigenvalue weighted by Crippen LogP contribution is 2.21. The molecule has 0 bridgehead atoms. The smallest absolute Gasteiger partial charge is 0.261 e. The lowest BCUT2D eigenvalue weighted by Crippen LogP contribution is -2.53. The van der Waals surface area contributed by atoms with Crippen molar-refractivity contribution in [2.45, 2.75) is 50.7 Å². The fraction of sp³-hybridized carbons (Fsp3) is 0.310.